The Bertz CT molecular complexity index is 1160. The number of hydrogen-bond donors (Lipinski definition) is 0. The Balaban J connectivity index is 1.50. The summed E-state index contributed by atoms with van der Waals surface area (Å²) in [6.07, 6.45) is 1.16. The second kappa shape index (κ2) is 9.38. The van der Waals surface area contributed by atoms with Gasteiger partial charge in [0.15, 0.2) is 0 Å². The van der Waals surface area contributed by atoms with E-state index in [1.165, 1.54) is 0 Å². The molecule has 34 heavy (non-hydrogen) atoms. The molecule has 0 bridgehead atoms. The van der Waals surface area contributed by atoms with Gasteiger partial charge < -0.3 is 0 Å². The molecule has 3 atom stereocenters. The molecule has 0 spiro atoms. The fourth-order valence-electron chi connectivity index (χ4n) is 4.82. The van der Waals surface area contributed by atoms with Crippen LogP contribution in [0, 0.1) is 0 Å². The number of nitrogens with zero attached hydrogens (tertiary/aromatic N) is 1. The Kier molecular flexibility index (Phi) is 6.30. The molecule has 0 aliphatic carbocycles. The van der Waals surface area contributed by atoms with Crippen molar-refractivity contribution in [2.75, 3.05) is 6.61 Å². The first kappa shape index (κ1) is 22.9. The Morgan fingerprint density at radius 1 is 1.00 bits per heavy atom. The number of carbonyl (C=O) groups excluding carboxylic acids is 2. The van der Waals surface area contributed by atoms with Crippen LogP contribution in [0.1, 0.15) is 30.9 Å². The first-order chi connectivity index (χ1) is 16.5. The topological polar surface area (TPSA) is 55.8 Å². The number of benzene rings is 3. The van der Waals surface area contributed by atoms with E-state index in [1.54, 1.807) is 0 Å². The summed E-state index contributed by atoms with van der Waals surface area (Å²) in [6, 6.07) is 29.1. The van der Waals surface area contributed by atoms with Crippen LogP contribution in [0.15, 0.2) is 91.0 Å². The van der Waals surface area contributed by atoms with Crippen LogP contribution in [0.4, 0.5) is 0 Å². The number of piperidine rings is 1. The number of hydrogen-bond acceptors (Lipinski definition) is 4. The van der Waals surface area contributed by atoms with Gasteiger partial charge in [0.1, 0.15) is 0 Å². The molecule has 0 saturated carbocycles. The van der Waals surface area contributed by atoms with Gasteiger partial charge in [0, 0.05) is 0 Å². The summed E-state index contributed by atoms with van der Waals surface area (Å²) in [4.78, 5) is 29.9. The van der Waals surface area contributed by atoms with Crippen LogP contribution >= 0.6 is 0 Å². The minimum atomic E-state index is -1.23. The van der Waals surface area contributed by atoms with E-state index < -0.39 is 31.0 Å². The van der Waals surface area contributed by atoms with E-state index in [0.717, 1.165) is 15.6 Å². The Hall–Kier alpha value is -2.92. The van der Waals surface area contributed by atoms with Crippen molar-refractivity contribution in [3.63, 3.8) is 0 Å². The van der Waals surface area contributed by atoms with E-state index in [1.807, 2.05) is 103 Å². The van der Waals surface area contributed by atoms with Crippen LogP contribution < -0.4 is 4.46 Å². The summed E-state index contributed by atoms with van der Waals surface area (Å²) in [6.45, 7) is 2.54. The predicted molar refractivity (Wildman–Crippen MR) is 130 cm³/mol. The first-order valence-electron chi connectivity index (χ1n) is 11.5. The number of esters is 1. The quantitative estimate of drug-likeness (QED) is 0.282. The van der Waals surface area contributed by atoms with E-state index in [0.29, 0.717) is 19.4 Å². The molecule has 0 N–H and O–H groups in total. The monoisotopic (exact) mass is 521 g/mol. The Labute approximate surface area is 206 Å². The van der Waals surface area contributed by atoms with Crippen LogP contribution in [0.5, 0.6) is 0 Å². The third-order valence-electron chi connectivity index (χ3n) is 6.66. The zero-order valence-corrected chi connectivity index (χ0v) is 20.8. The average Bonchev–Trinajstić information content (AvgIpc) is 3.24. The first-order valence-corrected chi connectivity index (χ1v) is 13.2. The van der Waals surface area contributed by atoms with Crippen LogP contribution in [0.25, 0.3) is 0 Å². The minimum absolute atomic E-state index is 0.0562. The van der Waals surface area contributed by atoms with Crippen LogP contribution in [0.2, 0.25) is 4.31 Å². The maximum atomic E-state index is 14.3. The van der Waals surface area contributed by atoms with E-state index in [9.17, 15) is 9.59 Å². The van der Waals surface area contributed by atoms with E-state index in [2.05, 4.69) is 0 Å². The molecule has 2 saturated heterocycles. The van der Waals surface area contributed by atoms with Gasteiger partial charge in [-0.3, -0.25) is 0 Å². The van der Waals surface area contributed by atoms with E-state index in [4.69, 9.17) is 9.47 Å². The normalized spacial score (nSPS) is 26.2. The number of carbonyl (C=O) groups is 2. The molecule has 5 rings (SSSR count). The van der Waals surface area contributed by atoms with Crippen molar-refractivity contribution in [3.05, 3.63) is 102 Å². The van der Waals surface area contributed by atoms with Crippen molar-refractivity contribution in [3.8, 4) is 0 Å². The molecule has 1 unspecified atom stereocenters. The molecule has 2 heterocycles. The molecule has 5 nitrogen and oxygen atoms in total. The molecule has 1 amide bonds. The Morgan fingerprint density at radius 3 is 2.29 bits per heavy atom. The van der Waals surface area contributed by atoms with Gasteiger partial charge in [-0.1, -0.05) is 0 Å². The molecule has 6 heteroatoms. The SMILES string of the molecule is C[C@]1(c2ccccc2)OC[C@@H]2CCC([Se]c3ccccc3)(C(=O)OCc3ccccc3)C(=O)N21. The van der Waals surface area contributed by atoms with Crippen molar-refractivity contribution in [1.29, 1.82) is 0 Å². The van der Waals surface area contributed by atoms with E-state index >= 15 is 0 Å². The Morgan fingerprint density at radius 2 is 1.62 bits per heavy atom. The average molecular weight is 520 g/mol. The number of amides is 1. The van der Waals surface area contributed by atoms with Crippen molar-refractivity contribution >= 4 is 31.3 Å². The van der Waals surface area contributed by atoms with Crippen LogP contribution in [-0.4, -0.2) is 44.4 Å². The third-order valence-corrected chi connectivity index (χ3v) is 9.60. The predicted octanol–water partition coefficient (Wildman–Crippen LogP) is 3.81. The number of fused-ring (bicyclic) bond motifs is 1. The molecule has 2 aliphatic heterocycles. The maximum absolute atomic E-state index is 14.3. The molecular formula is C28H27NO4Se. The van der Waals surface area contributed by atoms with Gasteiger partial charge in [-0.05, 0) is 0 Å². The van der Waals surface area contributed by atoms with Gasteiger partial charge in [-0.25, -0.2) is 0 Å². The molecule has 174 valence electrons. The molecule has 0 aromatic heterocycles. The standard InChI is InChI=1S/C28H27NO4Se/c1-27(22-13-7-3-8-14-22)29-23(20-33-27)17-18-28(25(29)30,34-24-15-9-4-10-16-24)26(31)32-19-21-11-5-2-6-12-21/h2-16,23H,17-20H2,1H3/t23-,27+,28?/m0/s1. The van der Waals surface area contributed by atoms with Gasteiger partial charge >= 0.3 is 206 Å². The summed E-state index contributed by atoms with van der Waals surface area (Å²) < 4.78 is 11.8. The summed E-state index contributed by atoms with van der Waals surface area (Å²) in [5.74, 6) is -0.625. The zero-order chi connectivity index (χ0) is 23.6. The van der Waals surface area contributed by atoms with Gasteiger partial charge in [0.25, 0.3) is 0 Å². The fourth-order valence-corrected chi connectivity index (χ4v) is 7.43. The number of rotatable bonds is 6. The van der Waals surface area contributed by atoms with Crippen molar-refractivity contribution in [2.24, 2.45) is 0 Å². The van der Waals surface area contributed by atoms with Gasteiger partial charge in [-0.15, -0.1) is 0 Å². The third kappa shape index (κ3) is 4.07. The van der Waals surface area contributed by atoms with Gasteiger partial charge in [-0.2, -0.15) is 0 Å². The summed E-state index contributed by atoms with van der Waals surface area (Å²) in [5, 5.41) is 0. The molecule has 3 aromatic rings. The molecule has 0 radical (unpaired) electrons. The van der Waals surface area contributed by atoms with Crippen LogP contribution in [0.3, 0.4) is 0 Å². The second-order valence-electron chi connectivity index (χ2n) is 8.83. The summed E-state index contributed by atoms with van der Waals surface area (Å²) >= 11 is -0.440. The van der Waals surface area contributed by atoms with Gasteiger partial charge in [0.2, 0.25) is 0 Å². The molecular weight excluding hydrogens is 493 g/mol. The van der Waals surface area contributed by atoms with E-state index in [-0.39, 0.29) is 18.6 Å². The fraction of sp³-hybridized carbons (Fsp3) is 0.286. The summed E-state index contributed by atoms with van der Waals surface area (Å²) in [7, 11) is 0. The number of ether oxygens (including phenoxy) is 2. The second-order valence-corrected chi connectivity index (χ2v) is 11.7. The summed E-state index contributed by atoms with van der Waals surface area (Å²) in [5.41, 5.74) is 0.894. The zero-order valence-electron chi connectivity index (χ0n) is 19.1. The molecule has 3 aromatic carbocycles. The molecule has 2 fully saturated rings. The van der Waals surface area contributed by atoms with Crippen molar-refractivity contribution < 1.29 is 19.1 Å². The van der Waals surface area contributed by atoms with Gasteiger partial charge in [0.05, 0.1) is 0 Å². The van der Waals surface area contributed by atoms with Crippen LogP contribution in [-0.2, 0) is 31.4 Å². The molecule has 2 aliphatic rings. The van der Waals surface area contributed by atoms with Crippen molar-refractivity contribution in [2.45, 2.75) is 42.5 Å². The van der Waals surface area contributed by atoms with Crippen molar-refractivity contribution in [1.82, 2.24) is 4.90 Å².